The van der Waals surface area contributed by atoms with Crippen LogP contribution >= 0.6 is 11.6 Å². The molecule has 0 amide bonds. The van der Waals surface area contributed by atoms with Crippen LogP contribution in [-0.2, 0) is 0 Å². The maximum absolute atomic E-state index is 5.86. The molecule has 15 heavy (non-hydrogen) atoms. The van der Waals surface area contributed by atoms with Crippen LogP contribution in [0.2, 0.25) is 5.02 Å². The number of halogens is 1. The van der Waals surface area contributed by atoms with Gasteiger partial charge in [-0.2, -0.15) is 0 Å². The fourth-order valence-corrected chi connectivity index (χ4v) is 2.19. The molecule has 1 aliphatic rings. The molecule has 1 aromatic rings. The van der Waals surface area contributed by atoms with E-state index in [9.17, 15) is 0 Å². The summed E-state index contributed by atoms with van der Waals surface area (Å²) in [6, 6.07) is 8.03. The summed E-state index contributed by atoms with van der Waals surface area (Å²) in [4.78, 5) is 2.38. The molecule has 1 atom stereocenters. The molecule has 0 aromatic heterocycles. The highest BCUT2D eigenvalue weighted by Gasteiger charge is 2.32. The van der Waals surface area contributed by atoms with E-state index in [2.05, 4.69) is 24.0 Å². The third kappa shape index (κ3) is 2.27. The lowest BCUT2D eigenvalue weighted by molar-refractivity contribution is 0.383. The number of rotatable bonds is 2. The zero-order valence-electron chi connectivity index (χ0n) is 9.04. The Bertz CT molecular complexity index is 336. The van der Waals surface area contributed by atoms with Gasteiger partial charge in [0.05, 0.1) is 0 Å². The molecule has 3 heteroatoms. The van der Waals surface area contributed by atoms with Crippen LogP contribution in [0.15, 0.2) is 24.3 Å². The molecule has 1 saturated heterocycles. The summed E-state index contributed by atoms with van der Waals surface area (Å²) in [7, 11) is 0. The predicted molar refractivity (Wildman–Crippen MR) is 65.4 cm³/mol. The van der Waals surface area contributed by atoms with Crippen molar-refractivity contribution in [1.82, 2.24) is 0 Å². The Morgan fingerprint density at radius 3 is 2.60 bits per heavy atom. The molecule has 1 fully saturated rings. The molecule has 2 N–H and O–H groups in total. The Morgan fingerprint density at radius 1 is 1.40 bits per heavy atom. The highest BCUT2D eigenvalue weighted by Crippen LogP contribution is 2.32. The average molecular weight is 225 g/mol. The molecular weight excluding hydrogens is 208 g/mol. The normalized spacial score (nSPS) is 25.9. The first-order valence-corrected chi connectivity index (χ1v) is 5.71. The van der Waals surface area contributed by atoms with E-state index in [0.717, 1.165) is 24.7 Å². The molecule has 2 nitrogen and oxygen atoms in total. The second-order valence-electron chi connectivity index (χ2n) is 4.66. The van der Waals surface area contributed by atoms with Crippen molar-refractivity contribution in [2.45, 2.75) is 13.3 Å². The number of hydrogen-bond acceptors (Lipinski definition) is 2. The van der Waals surface area contributed by atoms with Crippen LogP contribution < -0.4 is 10.6 Å². The fraction of sp³-hybridized carbons (Fsp3) is 0.500. The molecule has 0 spiro atoms. The van der Waals surface area contributed by atoms with Crippen LogP contribution in [0.3, 0.4) is 0 Å². The van der Waals surface area contributed by atoms with Gasteiger partial charge < -0.3 is 10.6 Å². The Hall–Kier alpha value is -0.730. The van der Waals surface area contributed by atoms with Gasteiger partial charge in [0.2, 0.25) is 0 Å². The van der Waals surface area contributed by atoms with E-state index in [4.69, 9.17) is 17.3 Å². The molecule has 1 unspecified atom stereocenters. The molecule has 2 rings (SSSR count). The van der Waals surface area contributed by atoms with Gasteiger partial charge in [0.1, 0.15) is 0 Å². The van der Waals surface area contributed by atoms with Crippen molar-refractivity contribution < 1.29 is 0 Å². The van der Waals surface area contributed by atoms with Crippen molar-refractivity contribution in [3.63, 3.8) is 0 Å². The Balaban J connectivity index is 2.11. The molecule has 0 radical (unpaired) electrons. The van der Waals surface area contributed by atoms with Crippen LogP contribution in [0.1, 0.15) is 13.3 Å². The standard InChI is InChI=1S/C12H17ClN2/c1-12(8-14)6-7-15(9-12)11-4-2-10(13)3-5-11/h2-5H,6-9,14H2,1H3. The second kappa shape index (κ2) is 4.03. The smallest absolute Gasteiger partial charge is 0.0407 e. The van der Waals surface area contributed by atoms with Gasteiger partial charge in [-0.25, -0.2) is 0 Å². The monoisotopic (exact) mass is 224 g/mol. The van der Waals surface area contributed by atoms with Gasteiger partial charge in [0.15, 0.2) is 0 Å². The third-order valence-electron chi connectivity index (χ3n) is 3.24. The topological polar surface area (TPSA) is 29.3 Å². The van der Waals surface area contributed by atoms with Crippen molar-refractivity contribution in [3.05, 3.63) is 29.3 Å². The van der Waals surface area contributed by atoms with E-state index in [1.54, 1.807) is 0 Å². The van der Waals surface area contributed by atoms with Gasteiger partial charge >= 0.3 is 0 Å². The fourth-order valence-electron chi connectivity index (χ4n) is 2.06. The molecule has 1 heterocycles. The molecule has 1 aliphatic heterocycles. The highest BCUT2D eigenvalue weighted by molar-refractivity contribution is 6.30. The van der Waals surface area contributed by atoms with E-state index in [1.807, 2.05) is 12.1 Å². The van der Waals surface area contributed by atoms with Crippen LogP contribution in [0.5, 0.6) is 0 Å². The van der Waals surface area contributed by atoms with Crippen molar-refractivity contribution in [2.24, 2.45) is 11.1 Å². The van der Waals surface area contributed by atoms with Gasteiger partial charge in [-0.05, 0) is 42.6 Å². The summed E-state index contributed by atoms with van der Waals surface area (Å²) in [6.45, 7) is 5.15. The predicted octanol–water partition coefficient (Wildman–Crippen LogP) is 2.52. The summed E-state index contributed by atoms with van der Waals surface area (Å²) >= 11 is 5.86. The zero-order valence-corrected chi connectivity index (χ0v) is 9.80. The van der Waals surface area contributed by atoms with Crippen molar-refractivity contribution in [2.75, 3.05) is 24.5 Å². The minimum Gasteiger partial charge on any atom is -0.371 e. The molecular formula is C12H17ClN2. The quantitative estimate of drug-likeness (QED) is 0.837. The van der Waals surface area contributed by atoms with Gasteiger partial charge in [-0.15, -0.1) is 0 Å². The van der Waals surface area contributed by atoms with E-state index in [1.165, 1.54) is 12.1 Å². The number of nitrogens with zero attached hydrogens (tertiary/aromatic N) is 1. The van der Waals surface area contributed by atoms with Crippen molar-refractivity contribution >= 4 is 17.3 Å². The van der Waals surface area contributed by atoms with Crippen molar-refractivity contribution in [3.8, 4) is 0 Å². The summed E-state index contributed by atoms with van der Waals surface area (Å²) in [6.07, 6.45) is 1.17. The summed E-state index contributed by atoms with van der Waals surface area (Å²) in [5, 5.41) is 0.791. The van der Waals surface area contributed by atoms with Crippen LogP contribution in [0.25, 0.3) is 0 Å². The first-order valence-electron chi connectivity index (χ1n) is 5.34. The Morgan fingerprint density at radius 2 is 2.07 bits per heavy atom. The first kappa shape index (κ1) is 10.8. The lowest BCUT2D eigenvalue weighted by Crippen LogP contribution is -2.31. The highest BCUT2D eigenvalue weighted by atomic mass is 35.5. The summed E-state index contributed by atoms with van der Waals surface area (Å²) < 4.78 is 0. The second-order valence-corrected chi connectivity index (χ2v) is 5.10. The first-order chi connectivity index (χ1) is 7.13. The summed E-state index contributed by atoms with van der Waals surface area (Å²) in [5.74, 6) is 0. The van der Waals surface area contributed by atoms with Crippen molar-refractivity contribution in [1.29, 1.82) is 0 Å². The van der Waals surface area contributed by atoms with Gasteiger partial charge in [0.25, 0.3) is 0 Å². The Labute approximate surface area is 96.0 Å². The number of nitrogens with two attached hydrogens (primary N) is 1. The minimum atomic E-state index is 0.277. The van der Waals surface area contributed by atoms with Crippen LogP contribution in [-0.4, -0.2) is 19.6 Å². The molecule has 0 aliphatic carbocycles. The lowest BCUT2D eigenvalue weighted by Gasteiger charge is -2.23. The minimum absolute atomic E-state index is 0.277. The molecule has 1 aromatic carbocycles. The van der Waals surface area contributed by atoms with E-state index >= 15 is 0 Å². The van der Waals surface area contributed by atoms with Crippen LogP contribution in [0.4, 0.5) is 5.69 Å². The van der Waals surface area contributed by atoms with E-state index in [0.29, 0.717) is 0 Å². The zero-order chi connectivity index (χ0) is 10.9. The number of benzene rings is 1. The largest absolute Gasteiger partial charge is 0.371 e. The maximum Gasteiger partial charge on any atom is 0.0407 e. The number of anilines is 1. The summed E-state index contributed by atoms with van der Waals surface area (Å²) in [5.41, 5.74) is 7.31. The van der Waals surface area contributed by atoms with Gasteiger partial charge in [0, 0.05) is 23.8 Å². The van der Waals surface area contributed by atoms with E-state index in [-0.39, 0.29) is 5.41 Å². The molecule has 0 saturated carbocycles. The number of hydrogen-bond donors (Lipinski definition) is 1. The molecule has 0 bridgehead atoms. The van der Waals surface area contributed by atoms with Gasteiger partial charge in [-0.3, -0.25) is 0 Å². The average Bonchev–Trinajstić information content (AvgIpc) is 2.63. The lowest BCUT2D eigenvalue weighted by atomic mass is 9.90. The van der Waals surface area contributed by atoms with E-state index < -0.39 is 0 Å². The molecule has 82 valence electrons. The SMILES string of the molecule is CC1(CN)CCN(c2ccc(Cl)cc2)C1. The maximum atomic E-state index is 5.86. The Kier molecular flexibility index (Phi) is 2.89. The third-order valence-corrected chi connectivity index (χ3v) is 3.49. The van der Waals surface area contributed by atoms with Crippen LogP contribution in [0, 0.1) is 5.41 Å². The van der Waals surface area contributed by atoms with Gasteiger partial charge in [-0.1, -0.05) is 18.5 Å².